The summed E-state index contributed by atoms with van der Waals surface area (Å²) >= 11 is 0. The summed E-state index contributed by atoms with van der Waals surface area (Å²) in [7, 11) is 1.53. The molecule has 0 aromatic heterocycles. The predicted molar refractivity (Wildman–Crippen MR) is 66.7 cm³/mol. The lowest BCUT2D eigenvalue weighted by molar-refractivity contribution is -0.385. The van der Waals surface area contributed by atoms with Gasteiger partial charge in [0.25, 0.3) is 5.69 Å². The van der Waals surface area contributed by atoms with E-state index in [1.54, 1.807) is 19.1 Å². The number of nitro benzene ring substituents is 1. The van der Waals surface area contributed by atoms with E-state index in [9.17, 15) is 14.9 Å². The van der Waals surface area contributed by atoms with Crippen molar-refractivity contribution in [1.29, 1.82) is 0 Å². The second-order valence-corrected chi connectivity index (χ2v) is 3.63. The molecule has 0 fully saturated rings. The summed E-state index contributed by atoms with van der Waals surface area (Å²) in [6.45, 7) is 2.42. The third kappa shape index (κ3) is 4.02. The number of amides is 2. The molecule has 0 saturated heterocycles. The Labute approximate surface area is 104 Å². The Kier molecular flexibility index (Phi) is 5.06. The van der Waals surface area contributed by atoms with Crippen molar-refractivity contribution in [2.45, 2.75) is 6.92 Å². The van der Waals surface area contributed by atoms with Crippen molar-refractivity contribution in [3.63, 3.8) is 0 Å². The normalized spacial score (nSPS) is 9.89. The Bertz CT molecular complexity index is 448. The number of methoxy groups -OCH3 is 1. The highest BCUT2D eigenvalue weighted by atomic mass is 16.6. The van der Waals surface area contributed by atoms with Crippen molar-refractivity contribution in [3.8, 4) is 0 Å². The lowest BCUT2D eigenvalue weighted by atomic mass is 10.2. The smallest absolute Gasteiger partial charge is 0.319 e. The number of hydrogen-bond donors (Lipinski definition) is 2. The maximum absolute atomic E-state index is 11.4. The molecule has 0 unspecified atom stereocenters. The van der Waals surface area contributed by atoms with E-state index in [0.717, 1.165) is 0 Å². The number of urea groups is 1. The summed E-state index contributed by atoms with van der Waals surface area (Å²) in [5.74, 6) is 0. The number of nitrogens with zero attached hydrogens (tertiary/aromatic N) is 1. The van der Waals surface area contributed by atoms with Crippen molar-refractivity contribution in [1.82, 2.24) is 5.32 Å². The predicted octanol–water partition coefficient (Wildman–Crippen LogP) is 1.67. The minimum absolute atomic E-state index is 0.0234. The van der Waals surface area contributed by atoms with Crippen molar-refractivity contribution in [2.24, 2.45) is 0 Å². The number of nitro groups is 1. The zero-order valence-electron chi connectivity index (χ0n) is 10.2. The molecule has 1 aromatic rings. The fourth-order valence-electron chi connectivity index (χ4n) is 1.33. The van der Waals surface area contributed by atoms with Gasteiger partial charge in [0.15, 0.2) is 0 Å². The molecule has 0 aliphatic rings. The summed E-state index contributed by atoms with van der Waals surface area (Å²) in [5, 5.41) is 15.8. The van der Waals surface area contributed by atoms with Crippen molar-refractivity contribution < 1.29 is 14.5 Å². The molecule has 98 valence electrons. The van der Waals surface area contributed by atoms with Gasteiger partial charge in [-0.05, 0) is 13.0 Å². The Hall–Kier alpha value is -2.15. The number of benzene rings is 1. The fourth-order valence-corrected chi connectivity index (χ4v) is 1.33. The quantitative estimate of drug-likeness (QED) is 0.474. The highest BCUT2D eigenvalue weighted by molar-refractivity contribution is 5.89. The lowest BCUT2D eigenvalue weighted by Gasteiger charge is -2.07. The molecule has 2 N–H and O–H groups in total. The van der Waals surface area contributed by atoms with E-state index in [1.807, 2.05) is 0 Å². The molecule has 0 heterocycles. The van der Waals surface area contributed by atoms with E-state index < -0.39 is 11.0 Å². The van der Waals surface area contributed by atoms with Gasteiger partial charge in [-0.25, -0.2) is 4.79 Å². The average Bonchev–Trinajstić information content (AvgIpc) is 2.31. The third-order valence-corrected chi connectivity index (χ3v) is 2.26. The maximum Gasteiger partial charge on any atom is 0.319 e. The van der Waals surface area contributed by atoms with Gasteiger partial charge in [-0.15, -0.1) is 0 Å². The van der Waals surface area contributed by atoms with Gasteiger partial charge >= 0.3 is 6.03 Å². The first-order chi connectivity index (χ1) is 8.54. The number of carbonyl (C=O) groups excluding carboxylic acids is 1. The molecular weight excluding hydrogens is 238 g/mol. The van der Waals surface area contributed by atoms with Crippen LogP contribution in [0.3, 0.4) is 0 Å². The Morgan fingerprint density at radius 2 is 2.22 bits per heavy atom. The van der Waals surface area contributed by atoms with Crippen LogP contribution in [0.15, 0.2) is 18.2 Å². The largest absolute Gasteiger partial charge is 0.383 e. The number of ether oxygens (including phenoxy) is 1. The molecule has 7 nitrogen and oxygen atoms in total. The van der Waals surface area contributed by atoms with Crippen LogP contribution < -0.4 is 10.6 Å². The Morgan fingerprint density at radius 1 is 1.50 bits per heavy atom. The molecule has 0 aliphatic carbocycles. The first-order valence-corrected chi connectivity index (χ1v) is 5.33. The summed E-state index contributed by atoms with van der Waals surface area (Å²) in [6.07, 6.45) is 0. The molecule has 7 heteroatoms. The van der Waals surface area contributed by atoms with Crippen LogP contribution in [0.4, 0.5) is 16.2 Å². The second kappa shape index (κ2) is 6.55. The average molecular weight is 253 g/mol. The van der Waals surface area contributed by atoms with Crippen LogP contribution >= 0.6 is 0 Å². The fraction of sp³-hybridized carbons (Fsp3) is 0.364. The molecule has 18 heavy (non-hydrogen) atoms. The molecule has 0 saturated carbocycles. The summed E-state index contributed by atoms with van der Waals surface area (Å²) in [6, 6.07) is 4.09. The van der Waals surface area contributed by atoms with E-state index >= 15 is 0 Å². The van der Waals surface area contributed by atoms with E-state index in [4.69, 9.17) is 4.74 Å². The van der Waals surface area contributed by atoms with Gasteiger partial charge in [-0.1, -0.05) is 6.07 Å². The van der Waals surface area contributed by atoms with Gasteiger partial charge < -0.3 is 15.4 Å². The van der Waals surface area contributed by atoms with Crippen LogP contribution in [0.25, 0.3) is 0 Å². The minimum Gasteiger partial charge on any atom is -0.383 e. The third-order valence-electron chi connectivity index (χ3n) is 2.26. The first kappa shape index (κ1) is 13.9. The highest BCUT2D eigenvalue weighted by Crippen LogP contribution is 2.22. The topological polar surface area (TPSA) is 93.5 Å². The van der Waals surface area contributed by atoms with E-state index in [-0.39, 0.29) is 5.69 Å². The van der Waals surface area contributed by atoms with Crippen LogP contribution in [0.5, 0.6) is 0 Å². The molecular formula is C11H15N3O4. The van der Waals surface area contributed by atoms with Gasteiger partial charge in [-0.2, -0.15) is 0 Å². The van der Waals surface area contributed by atoms with Gasteiger partial charge in [0, 0.05) is 31.0 Å². The van der Waals surface area contributed by atoms with Gasteiger partial charge in [0.05, 0.1) is 11.5 Å². The van der Waals surface area contributed by atoms with Crippen LogP contribution in [0, 0.1) is 17.0 Å². The molecule has 0 radical (unpaired) electrons. The van der Waals surface area contributed by atoms with Crippen molar-refractivity contribution in [3.05, 3.63) is 33.9 Å². The number of hydrogen-bond acceptors (Lipinski definition) is 4. The monoisotopic (exact) mass is 253 g/mol. The van der Waals surface area contributed by atoms with Crippen molar-refractivity contribution in [2.75, 3.05) is 25.6 Å². The highest BCUT2D eigenvalue weighted by Gasteiger charge is 2.11. The standard InChI is InChI=1S/C11H15N3O4/c1-8-3-4-9(7-10(8)14(16)17)13-11(15)12-5-6-18-2/h3-4,7H,5-6H2,1-2H3,(H2,12,13,15). The van der Waals surface area contributed by atoms with Gasteiger partial charge in [-0.3, -0.25) is 10.1 Å². The summed E-state index contributed by atoms with van der Waals surface area (Å²) < 4.78 is 4.78. The summed E-state index contributed by atoms with van der Waals surface area (Å²) in [5.41, 5.74) is 0.900. The Morgan fingerprint density at radius 3 is 2.83 bits per heavy atom. The Balaban J connectivity index is 2.65. The summed E-state index contributed by atoms with van der Waals surface area (Å²) in [4.78, 5) is 21.7. The minimum atomic E-state index is -0.483. The molecule has 1 rings (SSSR count). The zero-order valence-corrected chi connectivity index (χ0v) is 10.2. The maximum atomic E-state index is 11.4. The number of carbonyl (C=O) groups is 1. The molecule has 0 aliphatic heterocycles. The number of rotatable bonds is 5. The van der Waals surface area contributed by atoms with E-state index in [2.05, 4.69) is 10.6 Å². The van der Waals surface area contributed by atoms with Gasteiger partial charge in [0.2, 0.25) is 0 Å². The SMILES string of the molecule is COCCNC(=O)Nc1ccc(C)c([N+](=O)[O-])c1. The first-order valence-electron chi connectivity index (χ1n) is 5.33. The van der Waals surface area contributed by atoms with Crippen LogP contribution in [0.2, 0.25) is 0 Å². The molecule has 1 aromatic carbocycles. The van der Waals surface area contributed by atoms with Crippen LogP contribution in [0.1, 0.15) is 5.56 Å². The van der Waals surface area contributed by atoms with E-state index in [0.29, 0.717) is 24.4 Å². The second-order valence-electron chi connectivity index (χ2n) is 3.63. The zero-order chi connectivity index (χ0) is 13.5. The number of anilines is 1. The molecule has 0 bridgehead atoms. The van der Waals surface area contributed by atoms with Crippen molar-refractivity contribution >= 4 is 17.4 Å². The number of aryl methyl sites for hydroxylation is 1. The molecule has 0 atom stereocenters. The number of nitrogens with one attached hydrogen (secondary N) is 2. The van der Waals surface area contributed by atoms with Crippen LogP contribution in [-0.4, -0.2) is 31.2 Å². The lowest BCUT2D eigenvalue weighted by Crippen LogP contribution is -2.31. The van der Waals surface area contributed by atoms with E-state index in [1.165, 1.54) is 13.2 Å². The van der Waals surface area contributed by atoms with Crippen LogP contribution in [-0.2, 0) is 4.74 Å². The molecule has 2 amide bonds. The molecule has 0 spiro atoms. The van der Waals surface area contributed by atoms with Gasteiger partial charge in [0.1, 0.15) is 0 Å².